The molecular formula is C40H36F4N8O7S2. The smallest absolute Gasteiger partial charge is 0.314 e. The lowest BCUT2D eigenvalue weighted by Crippen LogP contribution is -2.33. The first-order valence-electron chi connectivity index (χ1n) is 18.0. The zero-order valence-electron chi connectivity index (χ0n) is 31.8. The molecule has 0 saturated carbocycles. The number of halogens is 4. The average molecular weight is 881 g/mol. The molecule has 0 unspecified atom stereocenters. The summed E-state index contributed by atoms with van der Waals surface area (Å²) in [5.41, 5.74) is 3.72. The Morgan fingerprint density at radius 1 is 0.672 bits per heavy atom. The molecule has 0 aliphatic carbocycles. The molecule has 0 amide bonds. The number of anilines is 2. The van der Waals surface area contributed by atoms with Crippen molar-refractivity contribution < 1.29 is 48.3 Å². The van der Waals surface area contributed by atoms with E-state index in [9.17, 15) is 34.4 Å². The maximum absolute atomic E-state index is 13.3. The van der Waals surface area contributed by atoms with Gasteiger partial charge in [0.05, 0.1) is 48.8 Å². The molecule has 7 aromatic rings. The molecule has 0 radical (unpaired) electrons. The number of benzene rings is 4. The van der Waals surface area contributed by atoms with E-state index in [-0.39, 0.29) is 43.8 Å². The summed E-state index contributed by atoms with van der Waals surface area (Å²) in [6.07, 6.45) is -2.63. The topological polar surface area (TPSA) is 191 Å². The zero-order chi connectivity index (χ0) is 43.6. The zero-order valence-corrected chi connectivity index (χ0v) is 33.5. The number of alkyl halides is 4. The fourth-order valence-electron chi connectivity index (χ4n) is 5.61. The van der Waals surface area contributed by atoms with Gasteiger partial charge in [0.15, 0.2) is 0 Å². The summed E-state index contributed by atoms with van der Waals surface area (Å²) in [6, 6.07) is 30.4. The van der Waals surface area contributed by atoms with E-state index in [0.717, 1.165) is 5.41 Å². The lowest BCUT2D eigenvalue weighted by molar-refractivity contribution is 0.115. The molecule has 0 spiro atoms. The van der Waals surface area contributed by atoms with Crippen LogP contribution in [0.3, 0.4) is 0 Å². The molecule has 1 N–H and O–H groups in total. The van der Waals surface area contributed by atoms with Crippen LogP contribution in [0.5, 0.6) is 0 Å². The summed E-state index contributed by atoms with van der Waals surface area (Å²) in [7, 11) is -7.45. The number of sulfonamides is 2. The van der Waals surface area contributed by atoms with E-state index in [2.05, 4.69) is 32.0 Å². The van der Waals surface area contributed by atoms with Gasteiger partial charge in [-0.1, -0.05) is 67.2 Å². The summed E-state index contributed by atoms with van der Waals surface area (Å²) < 4.78 is 116. The second-order valence-corrected chi connectivity index (χ2v) is 16.7. The molecule has 4 aromatic carbocycles. The van der Waals surface area contributed by atoms with Gasteiger partial charge in [0.2, 0.25) is 21.8 Å². The van der Waals surface area contributed by atoms with Crippen molar-refractivity contribution in [1.82, 2.24) is 29.9 Å². The normalized spacial score (nSPS) is 11.7. The van der Waals surface area contributed by atoms with Crippen LogP contribution in [-0.2, 0) is 46.3 Å². The number of nitrogens with zero attached hydrogens (tertiary/aromatic N) is 8. The van der Waals surface area contributed by atoms with Crippen molar-refractivity contribution in [3.05, 3.63) is 162 Å². The first-order chi connectivity index (χ1) is 29.3. The number of imidazole rings is 1. The van der Waals surface area contributed by atoms with Gasteiger partial charge in [-0.15, -0.1) is 20.4 Å². The third-order valence-corrected chi connectivity index (χ3v) is 11.8. The minimum atomic E-state index is -3.74. The minimum Gasteiger partial charge on any atom is -0.415 e. The van der Waals surface area contributed by atoms with Crippen molar-refractivity contribution in [3.63, 3.8) is 0 Å². The fraction of sp³-hybridized carbons (Fsp3) is 0.175. The number of hydrogen-bond donors (Lipinski definition) is 1. The first-order valence-corrected chi connectivity index (χ1v) is 21.2. The number of rotatable bonds is 17. The SMILES string of the molecule is C=CS(=O)(=O)N(Cc1ccc(-c2nnc(C(F)F)o2)cc1)c1ccccc1.O=S(=O)(CCn1cnc(CO)c1)N(Cc1ccc(-c2nnc(C(F)F)o2)cc1)c1ccccc1. The van der Waals surface area contributed by atoms with Crippen molar-refractivity contribution in [2.24, 2.45) is 0 Å². The Kier molecular flexibility index (Phi) is 14.1. The maximum Gasteiger partial charge on any atom is 0.314 e. The first kappa shape index (κ1) is 43.9. The van der Waals surface area contributed by atoms with Gasteiger partial charge in [0.25, 0.3) is 21.8 Å². The predicted molar refractivity (Wildman–Crippen MR) is 216 cm³/mol. The Hall–Kier alpha value is -6.71. The van der Waals surface area contributed by atoms with Crippen LogP contribution in [0.2, 0.25) is 0 Å². The van der Waals surface area contributed by atoms with Gasteiger partial charge in [-0.25, -0.2) is 21.8 Å². The van der Waals surface area contributed by atoms with Crippen molar-refractivity contribution in [2.45, 2.75) is 39.1 Å². The second-order valence-electron chi connectivity index (χ2n) is 12.9. The van der Waals surface area contributed by atoms with Crippen LogP contribution >= 0.6 is 0 Å². The average Bonchev–Trinajstić information content (AvgIpc) is 4.08. The van der Waals surface area contributed by atoms with Crippen molar-refractivity contribution >= 4 is 31.4 Å². The van der Waals surface area contributed by atoms with E-state index in [1.165, 1.54) is 14.9 Å². The predicted octanol–water partition coefficient (Wildman–Crippen LogP) is 7.55. The number of aryl methyl sites for hydroxylation is 1. The molecule has 0 fully saturated rings. The Morgan fingerprint density at radius 2 is 1.13 bits per heavy atom. The van der Waals surface area contributed by atoms with Crippen LogP contribution < -0.4 is 8.61 Å². The third kappa shape index (κ3) is 11.3. The molecule has 7 rings (SSSR count). The fourth-order valence-corrected chi connectivity index (χ4v) is 7.99. The van der Waals surface area contributed by atoms with Crippen molar-refractivity contribution in [2.75, 3.05) is 14.4 Å². The number of para-hydroxylation sites is 2. The monoisotopic (exact) mass is 880 g/mol. The largest absolute Gasteiger partial charge is 0.415 e. The van der Waals surface area contributed by atoms with E-state index >= 15 is 0 Å². The minimum absolute atomic E-state index is 0.0320. The van der Waals surface area contributed by atoms with Crippen LogP contribution in [0.4, 0.5) is 28.9 Å². The molecule has 318 valence electrons. The van der Waals surface area contributed by atoms with Crippen molar-refractivity contribution in [3.8, 4) is 22.9 Å². The number of aliphatic hydroxyl groups excluding tert-OH is 1. The molecule has 15 nitrogen and oxygen atoms in total. The molecular weight excluding hydrogens is 845 g/mol. The lowest BCUT2D eigenvalue weighted by Gasteiger charge is -2.25. The van der Waals surface area contributed by atoms with Gasteiger partial charge in [-0.3, -0.25) is 8.61 Å². The van der Waals surface area contributed by atoms with Crippen LogP contribution in [0.15, 0.2) is 143 Å². The Balaban J connectivity index is 0.000000210. The molecule has 61 heavy (non-hydrogen) atoms. The summed E-state index contributed by atoms with van der Waals surface area (Å²) in [5, 5.41) is 23.8. The lowest BCUT2D eigenvalue weighted by atomic mass is 10.1. The van der Waals surface area contributed by atoms with Crippen LogP contribution in [0, 0.1) is 0 Å². The number of aromatic nitrogens is 6. The molecule has 0 aliphatic heterocycles. The Morgan fingerprint density at radius 3 is 1.54 bits per heavy atom. The highest BCUT2D eigenvalue weighted by Gasteiger charge is 2.24. The van der Waals surface area contributed by atoms with E-state index in [1.54, 1.807) is 120 Å². The molecule has 0 atom stereocenters. The van der Waals surface area contributed by atoms with Gasteiger partial charge in [-0.05, 0) is 59.7 Å². The van der Waals surface area contributed by atoms with Crippen LogP contribution in [0.25, 0.3) is 22.9 Å². The summed E-state index contributed by atoms with van der Waals surface area (Å²) >= 11 is 0. The van der Waals surface area contributed by atoms with Gasteiger partial charge in [-0.2, -0.15) is 17.6 Å². The van der Waals surface area contributed by atoms with Gasteiger partial charge < -0.3 is 18.5 Å². The Bertz CT molecular complexity index is 2720. The quantitative estimate of drug-likeness (QED) is 0.0885. The van der Waals surface area contributed by atoms with E-state index < -0.39 is 44.7 Å². The molecule has 0 bridgehead atoms. The van der Waals surface area contributed by atoms with Crippen LogP contribution in [0.1, 0.15) is 41.5 Å². The molecule has 21 heteroatoms. The number of hydrogen-bond acceptors (Lipinski definition) is 12. The molecule has 0 aliphatic rings. The highest BCUT2D eigenvalue weighted by Crippen LogP contribution is 2.28. The second kappa shape index (κ2) is 19.6. The van der Waals surface area contributed by atoms with E-state index in [1.807, 2.05) is 0 Å². The molecule has 3 aromatic heterocycles. The van der Waals surface area contributed by atoms with Gasteiger partial charge in [0.1, 0.15) is 0 Å². The Labute approximate surface area is 347 Å². The van der Waals surface area contributed by atoms with Gasteiger partial charge in [0, 0.05) is 29.3 Å². The van der Waals surface area contributed by atoms with Crippen LogP contribution in [-0.4, -0.2) is 57.6 Å². The molecule has 0 saturated heterocycles. The number of aliphatic hydroxyl groups is 1. The van der Waals surface area contributed by atoms with Crippen molar-refractivity contribution in [1.29, 1.82) is 0 Å². The summed E-state index contributed by atoms with van der Waals surface area (Å²) in [5.74, 6) is -1.77. The standard InChI is InChI=1S/C22H21F2N5O4S.C18H15F2N3O3S/c23-20(24)22-27-26-21(33-22)17-8-6-16(7-9-17)12-29(19-4-2-1-3-5-19)34(31,32)11-10-28-13-18(14-30)25-15-28;1-2-27(24,25)23(15-6-4-3-5-7-15)12-13-8-10-14(11-9-13)17-21-22-18(26-17)16(19)20/h1-9,13,15,20,30H,10-12,14H2;2-11,16H,1,12H2. The van der Waals surface area contributed by atoms with E-state index in [4.69, 9.17) is 13.9 Å². The maximum atomic E-state index is 13.3. The third-order valence-electron chi connectivity index (χ3n) is 8.71. The van der Waals surface area contributed by atoms with Gasteiger partial charge >= 0.3 is 12.9 Å². The van der Waals surface area contributed by atoms with E-state index in [0.29, 0.717) is 39.3 Å². The molecule has 3 heterocycles. The summed E-state index contributed by atoms with van der Waals surface area (Å²) in [4.78, 5) is 4.00. The highest BCUT2D eigenvalue weighted by atomic mass is 32.2. The summed E-state index contributed by atoms with van der Waals surface area (Å²) in [6.45, 7) is 3.45. The highest BCUT2D eigenvalue weighted by molar-refractivity contribution is 7.95.